The van der Waals surface area contributed by atoms with Crippen LogP contribution in [0.2, 0.25) is 0 Å². The van der Waals surface area contributed by atoms with Crippen LogP contribution in [0.4, 0.5) is 20.6 Å². The lowest BCUT2D eigenvalue weighted by atomic mass is 9.99. The molecule has 4 rings (SSSR count). The summed E-state index contributed by atoms with van der Waals surface area (Å²) >= 11 is 0. The molecule has 8 nitrogen and oxygen atoms in total. The van der Waals surface area contributed by atoms with Crippen molar-refractivity contribution in [1.29, 1.82) is 0 Å². The van der Waals surface area contributed by atoms with Gasteiger partial charge in [0, 0.05) is 31.5 Å². The molecule has 2 heterocycles. The lowest BCUT2D eigenvalue weighted by molar-refractivity contribution is -0.121. The topological polar surface area (TPSA) is 88.2 Å². The lowest BCUT2D eigenvalue weighted by Gasteiger charge is -2.29. The second-order valence-electron chi connectivity index (χ2n) is 8.90. The number of anilines is 2. The van der Waals surface area contributed by atoms with E-state index in [1.807, 2.05) is 30.9 Å². The number of hydrogen-bond acceptors (Lipinski definition) is 6. The largest absolute Gasteiger partial charge is 0.442 e. The van der Waals surface area contributed by atoms with Crippen molar-refractivity contribution in [2.75, 3.05) is 49.2 Å². The molecule has 35 heavy (non-hydrogen) atoms. The Kier molecular flexibility index (Phi) is 7.65. The van der Waals surface area contributed by atoms with Crippen LogP contribution in [0.1, 0.15) is 34.3 Å². The number of ketones is 1. The minimum atomic E-state index is -0.590. The minimum Gasteiger partial charge on any atom is -0.442 e. The standard InChI is InChI=1S/C26H30FN3O5/c1-17-3-5-21(18(2)13-17)24(31)7-8-25(32)28-15-20-16-30(26(33)35-20)19-4-6-23(22(27)14-19)29-9-11-34-12-10-29/h3-6,13-14,20H,7-12,15-16H2,1-2H3,(H,28,32)/t20-/m0/s1. The van der Waals surface area contributed by atoms with E-state index in [2.05, 4.69) is 5.32 Å². The molecule has 0 saturated carbocycles. The Hall–Kier alpha value is -3.46. The Morgan fingerprint density at radius 2 is 1.86 bits per heavy atom. The summed E-state index contributed by atoms with van der Waals surface area (Å²) in [5.41, 5.74) is 3.47. The van der Waals surface area contributed by atoms with Crippen molar-refractivity contribution in [3.05, 3.63) is 58.9 Å². The molecule has 9 heteroatoms. The van der Waals surface area contributed by atoms with E-state index in [9.17, 15) is 18.8 Å². The van der Waals surface area contributed by atoms with E-state index in [-0.39, 0.29) is 37.6 Å². The minimum absolute atomic E-state index is 0.0464. The molecule has 2 aliphatic rings. The maximum atomic E-state index is 14.7. The predicted octanol–water partition coefficient (Wildman–Crippen LogP) is 3.38. The van der Waals surface area contributed by atoms with Gasteiger partial charge in [-0.2, -0.15) is 0 Å². The molecule has 0 bridgehead atoms. The Morgan fingerprint density at radius 1 is 1.09 bits per heavy atom. The number of ether oxygens (including phenoxy) is 2. The Morgan fingerprint density at radius 3 is 2.57 bits per heavy atom. The van der Waals surface area contributed by atoms with Gasteiger partial charge in [0.25, 0.3) is 0 Å². The normalized spacial score (nSPS) is 17.9. The molecule has 2 aromatic carbocycles. The average molecular weight is 484 g/mol. The monoisotopic (exact) mass is 483 g/mol. The molecule has 1 atom stereocenters. The molecular formula is C26H30FN3O5. The van der Waals surface area contributed by atoms with Gasteiger partial charge in [0.1, 0.15) is 11.9 Å². The second kappa shape index (κ2) is 10.9. The van der Waals surface area contributed by atoms with Crippen LogP contribution in [0.25, 0.3) is 0 Å². The van der Waals surface area contributed by atoms with Gasteiger partial charge in [0.15, 0.2) is 5.78 Å². The summed E-state index contributed by atoms with van der Waals surface area (Å²) < 4.78 is 25.4. The van der Waals surface area contributed by atoms with E-state index in [4.69, 9.17) is 9.47 Å². The number of halogens is 1. The number of Topliss-reactive ketones (excluding diaryl/α,β-unsaturated/α-hetero) is 1. The van der Waals surface area contributed by atoms with Crippen molar-refractivity contribution < 1.29 is 28.2 Å². The van der Waals surface area contributed by atoms with Crippen LogP contribution in [-0.4, -0.2) is 63.3 Å². The van der Waals surface area contributed by atoms with Gasteiger partial charge in [-0.3, -0.25) is 14.5 Å². The number of morpholine rings is 1. The number of aryl methyl sites for hydroxylation is 2. The van der Waals surface area contributed by atoms with Crippen LogP contribution in [0.15, 0.2) is 36.4 Å². The third-order valence-electron chi connectivity index (χ3n) is 6.26. The van der Waals surface area contributed by atoms with Crippen LogP contribution in [-0.2, 0) is 14.3 Å². The molecule has 2 amide bonds. The Bertz CT molecular complexity index is 1120. The molecule has 186 valence electrons. The molecule has 2 aliphatic heterocycles. The van der Waals surface area contributed by atoms with Crippen LogP contribution < -0.4 is 15.1 Å². The van der Waals surface area contributed by atoms with Crippen molar-refractivity contribution in [3.8, 4) is 0 Å². The average Bonchev–Trinajstić information content (AvgIpc) is 3.22. The number of benzene rings is 2. The summed E-state index contributed by atoms with van der Waals surface area (Å²) in [6, 6.07) is 10.3. The number of amides is 2. The summed E-state index contributed by atoms with van der Waals surface area (Å²) in [4.78, 5) is 40.3. The molecule has 0 aliphatic carbocycles. The Labute approximate surface area is 204 Å². The number of carbonyl (C=O) groups is 3. The fourth-order valence-corrected chi connectivity index (χ4v) is 4.37. The maximum Gasteiger partial charge on any atom is 0.414 e. The molecule has 0 aromatic heterocycles. The summed E-state index contributed by atoms with van der Waals surface area (Å²) in [5.74, 6) is -0.792. The molecule has 0 spiro atoms. The third kappa shape index (κ3) is 5.97. The van der Waals surface area contributed by atoms with E-state index < -0.39 is 18.0 Å². The van der Waals surface area contributed by atoms with Gasteiger partial charge in [0.05, 0.1) is 37.7 Å². The predicted molar refractivity (Wildman–Crippen MR) is 130 cm³/mol. The number of rotatable bonds is 8. The SMILES string of the molecule is Cc1ccc(C(=O)CCC(=O)NC[C@H]2CN(c3ccc(N4CCOCC4)c(F)c3)C(=O)O2)c(C)c1. The first-order valence-electron chi connectivity index (χ1n) is 11.8. The van der Waals surface area contributed by atoms with Gasteiger partial charge in [0.2, 0.25) is 5.91 Å². The zero-order chi connectivity index (χ0) is 24.9. The van der Waals surface area contributed by atoms with Gasteiger partial charge in [-0.25, -0.2) is 9.18 Å². The number of cyclic esters (lactones) is 1. The van der Waals surface area contributed by atoms with Crippen LogP contribution in [0, 0.1) is 19.7 Å². The van der Waals surface area contributed by atoms with E-state index in [1.54, 1.807) is 18.2 Å². The molecule has 2 fully saturated rings. The first kappa shape index (κ1) is 24.7. The number of carbonyl (C=O) groups excluding carboxylic acids is 3. The fraction of sp³-hybridized carbons (Fsp3) is 0.423. The first-order chi connectivity index (χ1) is 16.8. The third-order valence-corrected chi connectivity index (χ3v) is 6.26. The number of nitrogens with one attached hydrogen (secondary N) is 1. The first-order valence-corrected chi connectivity index (χ1v) is 11.8. The molecule has 0 radical (unpaired) electrons. The number of hydrogen-bond donors (Lipinski definition) is 1. The molecule has 1 N–H and O–H groups in total. The van der Waals surface area contributed by atoms with Crippen molar-refractivity contribution in [2.45, 2.75) is 32.8 Å². The lowest BCUT2D eigenvalue weighted by Crippen LogP contribution is -2.37. The smallest absolute Gasteiger partial charge is 0.414 e. The molecule has 2 saturated heterocycles. The van der Waals surface area contributed by atoms with Crippen molar-refractivity contribution >= 4 is 29.2 Å². The summed E-state index contributed by atoms with van der Waals surface area (Å²) in [5, 5.41) is 2.72. The molecular weight excluding hydrogens is 453 g/mol. The summed E-state index contributed by atoms with van der Waals surface area (Å²) in [6.45, 7) is 6.47. The van der Waals surface area contributed by atoms with Crippen molar-refractivity contribution in [2.24, 2.45) is 0 Å². The quantitative estimate of drug-likeness (QED) is 0.579. The highest BCUT2D eigenvalue weighted by molar-refractivity contribution is 5.99. The van der Waals surface area contributed by atoms with Crippen molar-refractivity contribution in [3.63, 3.8) is 0 Å². The van der Waals surface area contributed by atoms with Gasteiger partial charge >= 0.3 is 6.09 Å². The van der Waals surface area contributed by atoms with Gasteiger partial charge in [-0.05, 0) is 37.6 Å². The fourth-order valence-electron chi connectivity index (χ4n) is 4.37. The van der Waals surface area contributed by atoms with Gasteiger partial charge < -0.3 is 19.7 Å². The summed E-state index contributed by atoms with van der Waals surface area (Å²) in [6.07, 6.45) is -1.01. The van der Waals surface area contributed by atoms with Crippen LogP contribution in [0.5, 0.6) is 0 Å². The number of nitrogens with zero attached hydrogens (tertiary/aromatic N) is 2. The zero-order valence-corrected chi connectivity index (χ0v) is 20.0. The van der Waals surface area contributed by atoms with E-state index in [0.717, 1.165) is 11.1 Å². The Balaban J connectivity index is 1.26. The second-order valence-corrected chi connectivity index (χ2v) is 8.90. The molecule has 2 aromatic rings. The van der Waals surface area contributed by atoms with Crippen molar-refractivity contribution in [1.82, 2.24) is 5.32 Å². The highest BCUT2D eigenvalue weighted by Gasteiger charge is 2.33. The van der Waals surface area contributed by atoms with E-state index in [1.165, 1.54) is 11.0 Å². The molecule has 0 unspecified atom stereocenters. The highest BCUT2D eigenvalue weighted by atomic mass is 19.1. The zero-order valence-electron chi connectivity index (χ0n) is 20.0. The van der Waals surface area contributed by atoms with Gasteiger partial charge in [-0.15, -0.1) is 0 Å². The highest BCUT2D eigenvalue weighted by Crippen LogP contribution is 2.28. The van der Waals surface area contributed by atoms with E-state index in [0.29, 0.717) is 43.2 Å². The van der Waals surface area contributed by atoms with Crippen LogP contribution in [0.3, 0.4) is 0 Å². The van der Waals surface area contributed by atoms with E-state index >= 15 is 0 Å². The van der Waals surface area contributed by atoms with Gasteiger partial charge in [-0.1, -0.05) is 23.8 Å². The maximum absolute atomic E-state index is 14.7. The summed E-state index contributed by atoms with van der Waals surface area (Å²) in [7, 11) is 0. The van der Waals surface area contributed by atoms with Crippen LogP contribution >= 0.6 is 0 Å².